The number of aromatic amines is 1. The molecule has 0 amide bonds. The van der Waals surface area contributed by atoms with Crippen LogP contribution in [0.3, 0.4) is 0 Å². The van der Waals surface area contributed by atoms with Gasteiger partial charge in [-0.3, -0.25) is 4.68 Å². The number of rotatable bonds is 4. The number of aromatic nitrogens is 4. The first-order chi connectivity index (χ1) is 13.9. The van der Waals surface area contributed by atoms with E-state index < -0.39 is 0 Å². The number of allylic oxidation sites excluding steroid dienone is 4. The average Bonchev–Trinajstić information content (AvgIpc) is 3.25. The fraction of sp³-hybridized carbons (Fsp3) is 0.167. The summed E-state index contributed by atoms with van der Waals surface area (Å²) in [7, 11) is 1.81. The van der Waals surface area contributed by atoms with Gasteiger partial charge in [-0.1, -0.05) is 48.6 Å². The van der Waals surface area contributed by atoms with Crippen LogP contribution >= 0.6 is 0 Å². The van der Waals surface area contributed by atoms with Crippen LogP contribution in [0.1, 0.15) is 30.7 Å². The molecule has 0 fully saturated rings. The number of nitrogens with one attached hydrogen (secondary N) is 1. The second-order valence-corrected chi connectivity index (χ2v) is 7.34. The molecule has 2 aromatic heterocycles. The van der Waals surface area contributed by atoms with Gasteiger partial charge in [-0.05, 0) is 55.2 Å². The summed E-state index contributed by atoms with van der Waals surface area (Å²) < 4.78 is 1.67. The third-order valence-corrected chi connectivity index (χ3v) is 5.07. The number of aromatic hydroxyl groups is 1. The second kappa shape index (κ2) is 7.43. The molecule has 2 N–H and O–H groups in total. The van der Waals surface area contributed by atoms with Crippen LogP contribution in [0.5, 0.6) is 5.75 Å². The van der Waals surface area contributed by atoms with E-state index in [-0.39, 0.29) is 5.75 Å². The van der Waals surface area contributed by atoms with E-state index in [1.54, 1.807) is 4.68 Å². The van der Waals surface area contributed by atoms with Crippen molar-refractivity contribution in [3.8, 4) is 17.3 Å². The molecule has 0 radical (unpaired) electrons. The minimum absolute atomic E-state index is 0.128. The monoisotopic (exact) mass is 384 g/mol. The summed E-state index contributed by atoms with van der Waals surface area (Å²) in [5.41, 5.74) is 7.28. The fourth-order valence-corrected chi connectivity index (χ4v) is 3.41. The second-order valence-electron chi connectivity index (χ2n) is 7.34. The van der Waals surface area contributed by atoms with Gasteiger partial charge >= 0.3 is 0 Å². The highest BCUT2D eigenvalue weighted by atomic mass is 16.3. The molecule has 0 aliphatic rings. The van der Waals surface area contributed by atoms with Gasteiger partial charge in [0.15, 0.2) is 11.6 Å². The standard InChI is InChI=1S/C24H24N4O/c1-15-10-13-19-20(14-15)26-24(25-19)22-23(29)21(27-28(22)4)17(3)12-11-16(2)18-8-6-5-7-9-18/h5-14,29H,1-4H3,(H,25,26)/b16-11+,17-12+. The molecule has 0 saturated carbocycles. The van der Waals surface area contributed by atoms with E-state index >= 15 is 0 Å². The van der Waals surface area contributed by atoms with Crippen molar-refractivity contribution >= 4 is 22.2 Å². The number of H-pyrrole nitrogens is 1. The van der Waals surface area contributed by atoms with Crippen molar-refractivity contribution in [1.82, 2.24) is 19.7 Å². The number of nitrogens with zero attached hydrogens (tertiary/aromatic N) is 3. The molecule has 146 valence electrons. The minimum Gasteiger partial charge on any atom is -0.504 e. The Kier molecular flexibility index (Phi) is 4.80. The Hall–Kier alpha value is -3.60. The van der Waals surface area contributed by atoms with Gasteiger partial charge < -0.3 is 10.1 Å². The average molecular weight is 384 g/mol. The van der Waals surface area contributed by atoms with Crippen LogP contribution in [-0.4, -0.2) is 24.9 Å². The number of imidazole rings is 1. The van der Waals surface area contributed by atoms with Crippen LogP contribution in [0, 0.1) is 6.92 Å². The molecule has 0 atom stereocenters. The highest BCUT2D eigenvalue weighted by molar-refractivity contribution is 5.82. The predicted molar refractivity (Wildman–Crippen MR) is 118 cm³/mol. The van der Waals surface area contributed by atoms with E-state index in [1.807, 2.05) is 69.4 Å². The van der Waals surface area contributed by atoms with Crippen LogP contribution in [0.15, 0.2) is 60.7 Å². The van der Waals surface area contributed by atoms with Crippen molar-refractivity contribution in [3.63, 3.8) is 0 Å². The van der Waals surface area contributed by atoms with Crippen molar-refractivity contribution < 1.29 is 5.11 Å². The lowest BCUT2D eigenvalue weighted by Crippen LogP contribution is -1.95. The molecule has 0 aliphatic carbocycles. The Morgan fingerprint density at radius 1 is 1.03 bits per heavy atom. The third kappa shape index (κ3) is 3.59. The largest absolute Gasteiger partial charge is 0.504 e. The molecule has 4 rings (SSSR count). The molecule has 0 bridgehead atoms. The first kappa shape index (κ1) is 18.7. The SMILES string of the molecule is C/C(=C\C=C(/C)c1nn(C)c(-c2nc3ccc(C)cc3[nH]2)c1O)c1ccccc1. The first-order valence-corrected chi connectivity index (χ1v) is 9.57. The number of fused-ring (bicyclic) bond motifs is 1. The van der Waals surface area contributed by atoms with Gasteiger partial charge in [0.1, 0.15) is 11.4 Å². The van der Waals surface area contributed by atoms with Crippen molar-refractivity contribution in [3.05, 3.63) is 77.5 Å². The van der Waals surface area contributed by atoms with Gasteiger partial charge in [0, 0.05) is 7.05 Å². The zero-order valence-electron chi connectivity index (χ0n) is 17.1. The Balaban J connectivity index is 1.71. The van der Waals surface area contributed by atoms with Crippen molar-refractivity contribution in [1.29, 1.82) is 0 Å². The van der Waals surface area contributed by atoms with Gasteiger partial charge in [0.2, 0.25) is 0 Å². The predicted octanol–water partition coefficient (Wildman–Crippen LogP) is 5.48. The zero-order valence-corrected chi connectivity index (χ0v) is 17.1. The summed E-state index contributed by atoms with van der Waals surface area (Å²) in [6.07, 6.45) is 4.03. The molecule has 2 aromatic carbocycles. The molecular weight excluding hydrogens is 360 g/mol. The molecule has 0 unspecified atom stereocenters. The molecule has 29 heavy (non-hydrogen) atoms. The van der Waals surface area contributed by atoms with E-state index in [4.69, 9.17) is 0 Å². The molecule has 0 spiro atoms. The summed E-state index contributed by atoms with van der Waals surface area (Å²) >= 11 is 0. The van der Waals surface area contributed by atoms with Crippen LogP contribution in [0.2, 0.25) is 0 Å². The van der Waals surface area contributed by atoms with Gasteiger partial charge in [-0.15, -0.1) is 0 Å². The molecular formula is C24H24N4O. The quantitative estimate of drug-likeness (QED) is 0.458. The summed E-state index contributed by atoms with van der Waals surface area (Å²) in [5.74, 6) is 0.732. The smallest absolute Gasteiger partial charge is 0.172 e. The van der Waals surface area contributed by atoms with Crippen molar-refractivity contribution in [2.75, 3.05) is 0 Å². The van der Waals surface area contributed by atoms with Gasteiger partial charge in [0.05, 0.1) is 11.0 Å². The maximum absolute atomic E-state index is 10.9. The number of aryl methyl sites for hydroxylation is 2. The van der Waals surface area contributed by atoms with Crippen LogP contribution in [0.25, 0.3) is 33.7 Å². The summed E-state index contributed by atoms with van der Waals surface area (Å²) in [5, 5.41) is 15.4. The Morgan fingerprint density at radius 3 is 2.52 bits per heavy atom. The Bertz CT molecular complexity index is 1240. The molecule has 4 aromatic rings. The van der Waals surface area contributed by atoms with Crippen LogP contribution in [0.4, 0.5) is 0 Å². The number of hydrogen-bond donors (Lipinski definition) is 2. The van der Waals surface area contributed by atoms with Gasteiger partial charge in [-0.2, -0.15) is 5.10 Å². The Labute approximate surface area is 170 Å². The third-order valence-electron chi connectivity index (χ3n) is 5.07. The van der Waals surface area contributed by atoms with E-state index in [0.717, 1.165) is 27.7 Å². The Morgan fingerprint density at radius 2 is 1.76 bits per heavy atom. The fourth-order valence-electron chi connectivity index (χ4n) is 3.41. The maximum Gasteiger partial charge on any atom is 0.172 e. The number of benzene rings is 2. The highest BCUT2D eigenvalue weighted by Gasteiger charge is 2.20. The lowest BCUT2D eigenvalue weighted by Gasteiger charge is -2.00. The van der Waals surface area contributed by atoms with Crippen LogP contribution < -0.4 is 0 Å². The molecule has 0 aliphatic heterocycles. The van der Waals surface area contributed by atoms with Gasteiger partial charge in [0.25, 0.3) is 0 Å². The first-order valence-electron chi connectivity index (χ1n) is 9.57. The van der Waals surface area contributed by atoms with Crippen LogP contribution in [-0.2, 0) is 7.05 Å². The molecule has 0 saturated heterocycles. The minimum atomic E-state index is 0.128. The van der Waals surface area contributed by atoms with Crippen molar-refractivity contribution in [2.45, 2.75) is 20.8 Å². The normalized spacial score (nSPS) is 12.7. The lowest BCUT2D eigenvalue weighted by atomic mass is 10.1. The highest BCUT2D eigenvalue weighted by Crippen LogP contribution is 2.34. The lowest BCUT2D eigenvalue weighted by molar-refractivity contribution is 0.475. The topological polar surface area (TPSA) is 66.7 Å². The maximum atomic E-state index is 10.9. The van der Waals surface area contributed by atoms with Crippen molar-refractivity contribution in [2.24, 2.45) is 7.05 Å². The molecule has 5 heteroatoms. The van der Waals surface area contributed by atoms with E-state index in [9.17, 15) is 5.11 Å². The van der Waals surface area contributed by atoms with Gasteiger partial charge in [-0.25, -0.2) is 4.98 Å². The van der Waals surface area contributed by atoms with E-state index in [0.29, 0.717) is 17.2 Å². The summed E-state index contributed by atoms with van der Waals surface area (Å²) in [6, 6.07) is 16.2. The molecule has 2 heterocycles. The summed E-state index contributed by atoms with van der Waals surface area (Å²) in [4.78, 5) is 7.92. The molecule has 5 nitrogen and oxygen atoms in total. The van der Waals surface area contributed by atoms with E-state index in [2.05, 4.69) is 34.1 Å². The summed E-state index contributed by atoms with van der Waals surface area (Å²) in [6.45, 7) is 6.06. The number of hydrogen-bond acceptors (Lipinski definition) is 3. The van der Waals surface area contributed by atoms with E-state index in [1.165, 1.54) is 5.56 Å². The zero-order chi connectivity index (χ0) is 20.5.